The highest BCUT2D eigenvalue weighted by atomic mass is 16.6. The second-order valence-corrected chi connectivity index (χ2v) is 5.49. The summed E-state index contributed by atoms with van der Waals surface area (Å²) < 4.78 is 0. The Kier molecular flexibility index (Phi) is 6.13. The molecular weight excluding hydrogens is 278 g/mol. The predicted octanol–water partition coefficient (Wildman–Crippen LogP) is 4.92. The number of benzene rings is 1. The number of para-hydroxylation sites is 1. The number of aromatic nitrogens is 1. The third-order valence-electron chi connectivity index (χ3n) is 3.78. The fourth-order valence-electron chi connectivity index (χ4n) is 2.57. The van der Waals surface area contributed by atoms with Gasteiger partial charge in [0.05, 0.1) is 10.4 Å². The van der Waals surface area contributed by atoms with Crippen LogP contribution < -0.4 is 5.32 Å². The lowest BCUT2D eigenvalue weighted by molar-refractivity contribution is -0.384. The van der Waals surface area contributed by atoms with Crippen molar-refractivity contribution in [2.75, 3.05) is 11.9 Å². The molecule has 118 valence electrons. The van der Waals surface area contributed by atoms with Crippen molar-refractivity contribution >= 4 is 22.3 Å². The Balaban J connectivity index is 2.02. The molecule has 0 aliphatic carbocycles. The molecule has 22 heavy (non-hydrogen) atoms. The fourth-order valence-corrected chi connectivity index (χ4v) is 2.57. The second-order valence-electron chi connectivity index (χ2n) is 5.49. The Morgan fingerprint density at radius 1 is 1.14 bits per heavy atom. The van der Waals surface area contributed by atoms with Gasteiger partial charge in [0, 0.05) is 11.9 Å². The highest BCUT2D eigenvalue weighted by Crippen LogP contribution is 2.31. The number of fused-ring (bicyclic) bond motifs is 1. The van der Waals surface area contributed by atoms with Crippen LogP contribution >= 0.6 is 0 Å². The minimum Gasteiger partial charge on any atom is -0.379 e. The molecule has 0 bridgehead atoms. The third-order valence-corrected chi connectivity index (χ3v) is 3.78. The van der Waals surface area contributed by atoms with Gasteiger partial charge in [0.1, 0.15) is 11.9 Å². The van der Waals surface area contributed by atoms with Gasteiger partial charge in [-0.2, -0.15) is 0 Å². The van der Waals surface area contributed by atoms with Crippen molar-refractivity contribution in [3.63, 3.8) is 0 Å². The summed E-state index contributed by atoms with van der Waals surface area (Å²) in [5, 5.41) is 15.3. The third kappa shape index (κ3) is 4.16. The number of hydrogen-bond acceptors (Lipinski definition) is 4. The lowest BCUT2D eigenvalue weighted by Gasteiger charge is -2.10. The lowest BCUT2D eigenvalue weighted by Crippen LogP contribution is -2.05. The molecule has 0 spiro atoms. The maximum absolute atomic E-state index is 11.2. The van der Waals surface area contributed by atoms with E-state index in [2.05, 4.69) is 17.2 Å². The highest BCUT2D eigenvalue weighted by Gasteiger charge is 2.17. The molecule has 5 heteroatoms. The SMILES string of the molecule is CCCCCCCCNc1c([N+](=O)[O-])cnc2ccccc12. The largest absolute Gasteiger partial charge is 0.379 e. The van der Waals surface area contributed by atoms with Crippen LogP contribution in [0.25, 0.3) is 10.9 Å². The van der Waals surface area contributed by atoms with Gasteiger partial charge in [-0.1, -0.05) is 57.2 Å². The van der Waals surface area contributed by atoms with Crippen LogP contribution in [0.2, 0.25) is 0 Å². The molecular formula is C17H23N3O2. The first-order valence-electron chi connectivity index (χ1n) is 8.00. The number of hydrogen-bond donors (Lipinski definition) is 1. The van der Waals surface area contributed by atoms with Crippen molar-refractivity contribution in [1.29, 1.82) is 0 Å². The van der Waals surface area contributed by atoms with Crippen molar-refractivity contribution in [2.24, 2.45) is 0 Å². The molecule has 1 aromatic carbocycles. The lowest BCUT2D eigenvalue weighted by atomic mass is 10.1. The van der Waals surface area contributed by atoms with E-state index in [0.29, 0.717) is 5.69 Å². The van der Waals surface area contributed by atoms with E-state index in [9.17, 15) is 10.1 Å². The first-order valence-corrected chi connectivity index (χ1v) is 8.00. The van der Waals surface area contributed by atoms with Crippen LogP contribution in [0.4, 0.5) is 11.4 Å². The van der Waals surface area contributed by atoms with Gasteiger partial charge in [-0.25, -0.2) is 4.98 Å². The molecule has 1 aromatic heterocycles. The van der Waals surface area contributed by atoms with E-state index in [1.54, 1.807) is 0 Å². The summed E-state index contributed by atoms with van der Waals surface area (Å²) >= 11 is 0. The van der Waals surface area contributed by atoms with Crippen LogP contribution in [0, 0.1) is 10.1 Å². The number of unbranched alkanes of at least 4 members (excludes halogenated alkanes) is 5. The molecule has 0 aliphatic heterocycles. The molecule has 0 unspecified atom stereocenters. The van der Waals surface area contributed by atoms with Gasteiger partial charge >= 0.3 is 5.69 Å². The summed E-state index contributed by atoms with van der Waals surface area (Å²) in [6.45, 7) is 2.95. The Morgan fingerprint density at radius 3 is 2.64 bits per heavy atom. The molecule has 0 radical (unpaired) electrons. The van der Waals surface area contributed by atoms with Gasteiger partial charge in [0.2, 0.25) is 0 Å². The Morgan fingerprint density at radius 2 is 1.86 bits per heavy atom. The van der Waals surface area contributed by atoms with E-state index in [1.807, 2.05) is 24.3 Å². The molecule has 0 atom stereocenters. The van der Waals surface area contributed by atoms with E-state index < -0.39 is 0 Å². The molecule has 2 aromatic rings. The molecule has 0 fully saturated rings. The molecule has 0 saturated heterocycles. The Hall–Kier alpha value is -2.17. The smallest absolute Gasteiger partial charge is 0.311 e. The van der Waals surface area contributed by atoms with Crippen LogP contribution in [0.15, 0.2) is 30.5 Å². The summed E-state index contributed by atoms with van der Waals surface area (Å²) in [4.78, 5) is 15.0. The summed E-state index contributed by atoms with van der Waals surface area (Å²) in [5.74, 6) is 0. The quantitative estimate of drug-likeness (QED) is 0.405. The van der Waals surface area contributed by atoms with Crippen LogP contribution in [0.1, 0.15) is 45.4 Å². The molecule has 2 rings (SSSR count). The van der Waals surface area contributed by atoms with Crippen LogP contribution in [0.3, 0.4) is 0 Å². The maximum Gasteiger partial charge on any atom is 0.311 e. The summed E-state index contributed by atoms with van der Waals surface area (Å²) in [6.07, 6.45) is 8.55. The first-order chi connectivity index (χ1) is 10.7. The minimum atomic E-state index is -0.372. The van der Waals surface area contributed by atoms with Crippen molar-refractivity contribution in [1.82, 2.24) is 4.98 Å². The number of pyridine rings is 1. The number of nitrogens with one attached hydrogen (secondary N) is 1. The zero-order valence-corrected chi connectivity index (χ0v) is 13.0. The van der Waals surface area contributed by atoms with Crippen molar-refractivity contribution in [3.8, 4) is 0 Å². The number of anilines is 1. The molecule has 1 N–H and O–H groups in total. The van der Waals surface area contributed by atoms with E-state index in [0.717, 1.165) is 30.3 Å². The Labute approximate surface area is 130 Å². The van der Waals surface area contributed by atoms with E-state index in [-0.39, 0.29) is 10.6 Å². The van der Waals surface area contributed by atoms with Crippen molar-refractivity contribution in [3.05, 3.63) is 40.6 Å². The van der Waals surface area contributed by atoms with Crippen molar-refractivity contribution < 1.29 is 4.92 Å². The molecule has 0 saturated carbocycles. The van der Waals surface area contributed by atoms with E-state index in [4.69, 9.17) is 0 Å². The van der Waals surface area contributed by atoms with Crippen LogP contribution in [-0.2, 0) is 0 Å². The number of nitrogens with zero attached hydrogens (tertiary/aromatic N) is 2. The van der Waals surface area contributed by atoms with Gasteiger partial charge in [-0.05, 0) is 12.5 Å². The minimum absolute atomic E-state index is 0.0460. The summed E-state index contributed by atoms with van der Waals surface area (Å²) in [5.41, 5.74) is 1.41. The average Bonchev–Trinajstić information content (AvgIpc) is 2.53. The van der Waals surface area contributed by atoms with E-state index >= 15 is 0 Å². The maximum atomic E-state index is 11.2. The predicted molar refractivity (Wildman–Crippen MR) is 90.3 cm³/mol. The number of rotatable bonds is 9. The topological polar surface area (TPSA) is 68.1 Å². The average molecular weight is 301 g/mol. The first kappa shape index (κ1) is 16.2. The summed E-state index contributed by atoms with van der Waals surface area (Å²) in [7, 11) is 0. The monoisotopic (exact) mass is 301 g/mol. The van der Waals surface area contributed by atoms with Crippen molar-refractivity contribution in [2.45, 2.75) is 45.4 Å². The van der Waals surface area contributed by atoms with Crippen LogP contribution in [0.5, 0.6) is 0 Å². The van der Waals surface area contributed by atoms with Gasteiger partial charge < -0.3 is 5.32 Å². The standard InChI is InChI=1S/C17H23N3O2/c1-2-3-4-5-6-9-12-18-17-14-10-7-8-11-15(14)19-13-16(17)20(21)22/h7-8,10-11,13H,2-6,9,12H2,1H3,(H,18,19). The second kappa shape index (κ2) is 8.32. The highest BCUT2D eigenvalue weighted by molar-refractivity contribution is 5.95. The molecule has 0 amide bonds. The molecule has 0 aliphatic rings. The number of nitro groups is 1. The normalized spacial score (nSPS) is 10.8. The zero-order chi connectivity index (χ0) is 15.8. The zero-order valence-electron chi connectivity index (χ0n) is 13.0. The summed E-state index contributed by atoms with van der Waals surface area (Å²) in [6, 6.07) is 7.51. The van der Waals surface area contributed by atoms with Crippen LogP contribution in [-0.4, -0.2) is 16.5 Å². The molecule has 1 heterocycles. The Bertz CT molecular complexity index is 628. The van der Waals surface area contributed by atoms with E-state index in [1.165, 1.54) is 31.9 Å². The van der Waals surface area contributed by atoms with Gasteiger partial charge in [0.15, 0.2) is 0 Å². The molecule has 5 nitrogen and oxygen atoms in total. The fraction of sp³-hybridized carbons (Fsp3) is 0.471. The van der Waals surface area contributed by atoms with Gasteiger partial charge in [0.25, 0.3) is 0 Å². The van der Waals surface area contributed by atoms with Gasteiger partial charge in [-0.15, -0.1) is 0 Å². The van der Waals surface area contributed by atoms with Gasteiger partial charge in [-0.3, -0.25) is 10.1 Å².